The van der Waals surface area contributed by atoms with Crippen LogP contribution in [-0.4, -0.2) is 57.0 Å². The minimum atomic E-state index is -0.119. The number of carbonyl (C=O) groups is 1. The Kier molecular flexibility index (Phi) is 5.40. The molecule has 1 N–H and O–H groups in total. The summed E-state index contributed by atoms with van der Waals surface area (Å²) in [7, 11) is 1.65. The van der Waals surface area contributed by atoms with Crippen molar-refractivity contribution in [1.29, 1.82) is 0 Å². The average molecular weight is 327 g/mol. The molecule has 0 bridgehead atoms. The van der Waals surface area contributed by atoms with Crippen molar-refractivity contribution in [2.75, 3.05) is 40.0 Å². The monoisotopic (exact) mass is 327 g/mol. The van der Waals surface area contributed by atoms with Gasteiger partial charge in [0.15, 0.2) is 0 Å². The van der Waals surface area contributed by atoms with Gasteiger partial charge in [-0.3, -0.25) is 9.69 Å². The fourth-order valence-corrected chi connectivity index (χ4v) is 2.76. The van der Waals surface area contributed by atoms with Crippen molar-refractivity contribution in [1.82, 2.24) is 10.3 Å². The molecule has 0 atom stereocenters. The second-order valence-corrected chi connectivity index (χ2v) is 5.58. The molecular formula is C18H21N3O3. The molecule has 1 aliphatic heterocycles. The van der Waals surface area contributed by atoms with E-state index in [2.05, 4.69) is 15.4 Å². The number of morpholine rings is 1. The summed E-state index contributed by atoms with van der Waals surface area (Å²) >= 11 is 0. The van der Waals surface area contributed by atoms with Gasteiger partial charge in [0.1, 0.15) is 5.75 Å². The quantitative estimate of drug-likeness (QED) is 0.670. The first-order chi connectivity index (χ1) is 11.8. The first-order valence-electron chi connectivity index (χ1n) is 7.95. The van der Waals surface area contributed by atoms with Gasteiger partial charge >= 0.3 is 0 Å². The number of nitrogens with zero attached hydrogens (tertiary/aromatic N) is 2. The standard InChI is InChI=1S/C18H21N3O3/c1-23-17-7-6-14(15-4-2-3-5-16(15)17)12-19-20-18(22)13-21-8-10-24-11-9-21/h2-7,12H,8-11,13H2,1H3,(H,20,22)/b19-12+. The molecule has 1 fully saturated rings. The molecule has 1 heterocycles. The molecule has 2 aromatic rings. The first-order valence-corrected chi connectivity index (χ1v) is 7.95. The van der Waals surface area contributed by atoms with Crippen LogP contribution < -0.4 is 10.2 Å². The maximum atomic E-state index is 11.9. The summed E-state index contributed by atoms with van der Waals surface area (Å²) in [5.74, 6) is 0.699. The Hall–Kier alpha value is -2.44. The number of hydrogen-bond donors (Lipinski definition) is 1. The number of benzene rings is 2. The molecule has 0 radical (unpaired) electrons. The summed E-state index contributed by atoms with van der Waals surface area (Å²) in [6.07, 6.45) is 1.67. The third-order valence-electron chi connectivity index (χ3n) is 4.00. The zero-order chi connectivity index (χ0) is 16.8. The predicted molar refractivity (Wildman–Crippen MR) is 93.5 cm³/mol. The van der Waals surface area contributed by atoms with Crippen molar-refractivity contribution < 1.29 is 14.3 Å². The smallest absolute Gasteiger partial charge is 0.254 e. The van der Waals surface area contributed by atoms with Crippen LogP contribution in [0.25, 0.3) is 10.8 Å². The predicted octanol–water partition coefficient (Wildman–Crippen LogP) is 1.63. The van der Waals surface area contributed by atoms with Gasteiger partial charge < -0.3 is 9.47 Å². The Morgan fingerprint density at radius 3 is 2.75 bits per heavy atom. The Morgan fingerprint density at radius 2 is 2.00 bits per heavy atom. The molecule has 126 valence electrons. The van der Waals surface area contributed by atoms with Gasteiger partial charge in [0.25, 0.3) is 5.91 Å². The van der Waals surface area contributed by atoms with Gasteiger partial charge in [0.05, 0.1) is 33.1 Å². The van der Waals surface area contributed by atoms with Crippen LogP contribution in [0, 0.1) is 0 Å². The number of nitrogens with one attached hydrogen (secondary N) is 1. The van der Waals surface area contributed by atoms with E-state index < -0.39 is 0 Å². The van der Waals surface area contributed by atoms with Crippen molar-refractivity contribution in [2.45, 2.75) is 0 Å². The van der Waals surface area contributed by atoms with Crippen molar-refractivity contribution >= 4 is 22.9 Å². The molecule has 6 heteroatoms. The number of fused-ring (bicyclic) bond motifs is 1. The Bertz CT molecular complexity index is 739. The molecular weight excluding hydrogens is 306 g/mol. The number of ether oxygens (including phenoxy) is 2. The van der Waals surface area contributed by atoms with E-state index in [-0.39, 0.29) is 5.91 Å². The van der Waals surface area contributed by atoms with Gasteiger partial charge in [-0.25, -0.2) is 5.43 Å². The average Bonchev–Trinajstić information content (AvgIpc) is 2.62. The third kappa shape index (κ3) is 3.90. The van der Waals surface area contributed by atoms with Gasteiger partial charge in [0.2, 0.25) is 0 Å². The van der Waals surface area contributed by atoms with Crippen LogP contribution in [0.2, 0.25) is 0 Å². The molecule has 24 heavy (non-hydrogen) atoms. The topological polar surface area (TPSA) is 63.2 Å². The second kappa shape index (κ2) is 7.90. The van der Waals surface area contributed by atoms with Gasteiger partial charge in [-0.2, -0.15) is 5.10 Å². The molecule has 0 aliphatic carbocycles. The number of hydrogen-bond acceptors (Lipinski definition) is 5. The maximum absolute atomic E-state index is 11.9. The Balaban J connectivity index is 1.66. The van der Waals surface area contributed by atoms with E-state index in [9.17, 15) is 4.79 Å². The van der Waals surface area contributed by atoms with Crippen molar-refractivity contribution in [3.8, 4) is 5.75 Å². The highest BCUT2D eigenvalue weighted by atomic mass is 16.5. The molecule has 1 amide bonds. The molecule has 1 saturated heterocycles. The summed E-state index contributed by atoms with van der Waals surface area (Å²) in [6, 6.07) is 11.8. The van der Waals surface area contributed by atoms with E-state index in [1.807, 2.05) is 36.4 Å². The normalized spacial score (nSPS) is 15.7. The molecule has 0 unspecified atom stereocenters. The summed E-state index contributed by atoms with van der Waals surface area (Å²) in [6.45, 7) is 3.24. The van der Waals surface area contributed by atoms with Gasteiger partial charge in [0, 0.05) is 24.0 Å². The first kappa shape index (κ1) is 16.4. The minimum Gasteiger partial charge on any atom is -0.496 e. The lowest BCUT2D eigenvalue weighted by atomic mass is 10.0. The zero-order valence-corrected chi connectivity index (χ0v) is 13.7. The van der Waals surface area contributed by atoms with Gasteiger partial charge in [-0.05, 0) is 17.5 Å². The minimum absolute atomic E-state index is 0.119. The highest BCUT2D eigenvalue weighted by Crippen LogP contribution is 2.27. The van der Waals surface area contributed by atoms with Crippen LogP contribution in [0.1, 0.15) is 5.56 Å². The van der Waals surface area contributed by atoms with Crippen molar-refractivity contribution in [3.63, 3.8) is 0 Å². The Labute approximate surface area is 141 Å². The lowest BCUT2D eigenvalue weighted by Crippen LogP contribution is -2.42. The van der Waals surface area contributed by atoms with E-state index in [0.29, 0.717) is 19.8 Å². The fraction of sp³-hybridized carbons (Fsp3) is 0.333. The van der Waals surface area contributed by atoms with Crippen LogP contribution in [0.3, 0.4) is 0 Å². The largest absolute Gasteiger partial charge is 0.496 e. The van der Waals surface area contributed by atoms with Gasteiger partial charge in [-0.1, -0.05) is 24.3 Å². The molecule has 0 saturated carbocycles. The highest BCUT2D eigenvalue weighted by molar-refractivity contribution is 6.02. The third-order valence-corrected chi connectivity index (χ3v) is 4.00. The van der Waals surface area contributed by atoms with E-state index in [0.717, 1.165) is 35.2 Å². The number of rotatable bonds is 5. The molecule has 6 nitrogen and oxygen atoms in total. The summed E-state index contributed by atoms with van der Waals surface area (Å²) in [5, 5.41) is 6.14. The summed E-state index contributed by atoms with van der Waals surface area (Å²) in [5.41, 5.74) is 3.52. The molecule has 0 spiro atoms. The number of amides is 1. The van der Waals surface area contributed by atoms with Crippen molar-refractivity contribution in [2.24, 2.45) is 5.10 Å². The van der Waals surface area contributed by atoms with Crippen molar-refractivity contribution in [3.05, 3.63) is 42.0 Å². The molecule has 2 aromatic carbocycles. The van der Waals surface area contributed by atoms with Crippen LogP contribution in [0.5, 0.6) is 5.75 Å². The van der Waals surface area contributed by atoms with Gasteiger partial charge in [-0.15, -0.1) is 0 Å². The van der Waals surface area contributed by atoms with E-state index >= 15 is 0 Å². The number of methoxy groups -OCH3 is 1. The fourth-order valence-electron chi connectivity index (χ4n) is 2.76. The Morgan fingerprint density at radius 1 is 1.25 bits per heavy atom. The van der Waals surface area contributed by atoms with Crippen LogP contribution in [-0.2, 0) is 9.53 Å². The number of hydrazone groups is 1. The molecule has 0 aromatic heterocycles. The van der Waals surface area contributed by atoms with E-state index in [1.54, 1.807) is 13.3 Å². The number of carbonyl (C=O) groups excluding carboxylic acids is 1. The summed E-state index contributed by atoms with van der Waals surface area (Å²) < 4.78 is 10.6. The van der Waals surface area contributed by atoms with Crippen LogP contribution in [0.15, 0.2) is 41.5 Å². The van der Waals surface area contributed by atoms with E-state index in [4.69, 9.17) is 9.47 Å². The van der Waals surface area contributed by atoms with Crippen LogP contribution >= 0.6 is 0 Å². The maximum Gasteiger partial charge on any atom is 0.254 e. The summed E-state index contributed by atoms with van der Waals surface area (Å²) in [4.78, 5) is 14.0. The van der Waals surface area contributed by atoms with E-state index in [1.165, 1.54) is 0 Å². The zero-order valence-electron chi connectivity index (χ0n) is 13.7. The lowest BCUT2D eigenvalue weighted by molar-refractivity contribution is -0.123. The lowest BCUT2D eigenvalue weighted by Gasteiger charge is -2.25. The second-order valence-electron chi connectivity index (χ2n) is 5.58. The SMILES string of the molecule is COc1ccc(/C=N/NC(=O)CN2CCOCC2)c2ccccc12. The molecule has 3 rings (SSSR count). The highest BCUT2D eigenvalue weighted by Gasteiger charge is 2.13. The molecule has 1 aliphatic rings. The van der Waals surface area contributed by atoms with Crippen LogP contribution in [0.4, 0.5) is 0 Å².